The monoisotopic (exact) mass is 405 g/mol. The van der Waals surface area contributed by atoms with Crippen LogP contribution in [0.4, 0.5) is 0 Å². The molecule has 0 radical (unpaired) electrons. The van der Waals surface area contributed by atoms with Gasteiger partial charge in [0.15, 0.2) is 0 Å². The third-order valence-corrected chi connectivity index (χ3v) is 6.74. The Morgan fingerprint density at radius 1 is 0.967 bits per heavy atom. The summed E-state index contributed by atoms with van der Waals surface area (Å²) in [5, 5.41) is 0. The van der Waals surface area contributed by atoms with E-state index in [2.05, 4.69) is 19.9 Å². The molecular formula is C26H31NO3. The van der Waals surface area contributed by atoms with Gasteiger partial charge >= 0.3 is 5.97 Å². The molecule has 4 rings (SSSR count). The highest BCUT2D eigenvalue weighted by Crippen LogP contribution is 2.33. The minimum Gasteiger partial charge on any atom is -0.426 e. The summed E-state index contributed by atoms with van der Waals surface area (Å²) in [4.78, 5) is 27.5. The smallest absolute Gasteiger partial charge is 0.318 e. The molecule has 4 nitrogen and oxygen atoms in total. The number of aryl methyl sites for hydroxylation is 1. The van der Waals surface area contributed by atoms with Gasteiger partial charge in [0.1, 0.15) is 5.75 Å². The van der Waals surface area contributed by atoms with Crippen molar-refractivity contribution in [1.29, 1.82) is 0 Å². The van der Waals surface area contributed by atoms with Gasteiger partial charge in [0.05, 0.1) is 5.92 Å². The molecule has 0 N–H and O–H groups in total. The van der Waals surface area contributed by atoms with Gasteiger partial charge in [-0.2, -0.15) is 0 Å². The predicted octanol–water partition coefficient (Wildman–Crippen LogP) is 5.22. The Balaban J connectivity index is 1.37. The molecule has 4 heteroatoms. The zero-order valence-electron chi connectivity index (χ0n) is 18.0. The van der Waals surface area contributed by atoms with Gasteiger partial charge in [0.2, 0.25) is 0 Å². The molecule has 1 heterocycles. The molecule has 2 aromatic carbocycles. The van der Waals surface area contributed by atoms with E-state index in [-0.39, 0.29) is 17.8 Å². The van der Waals surface area contributed by atoms with Crippen molar-refractivity contribution in [3.63, 3.8) is 0 Å². The summed E-state index contributed by atoms with van der Waals surface area (Å²) < 4.78 is 5.67. The first-order valence-corrected chi connectivity index (χ1v) is 11.2. The standard InChI is InChI=1S/C26H31NO3/c1-18(2)19-14-16-27(17-15-19)25(28)21-10-12-22(13-11-21)30-26(29)24-9-5-7-20-6-3-4-8-23(20)24/h3-4,6,8,10-13,18-19,24H,5,7,9,14-17H2,1-2H3. The number of ether oxygens (including phenoxy) is 1. The summed E-state index contributed by atoms with van der Waals surface area (Å²) in [7, 11) is 0. The summed E-state index contributed by atoms with van der Waals surface area (Å²) in [6, 6.07) is 15.1. The molecule has 0 spiro atoms. The van der Waals surface area contributed by atoms with Crippen LogP contribution in [0.1, 0.15) is 66.9 Å². The number of fused-ring (bicyclic) bond motifs is 1. The Hall–Kier alpha value is -2.62. The maximum Gasteiger partial charge on any atom is 0.318 e. The van der Waals surface area contributed by atoms with E-state index in [1.54, 1.807) is 24.3 Å². The fraction of sp³-hybridized carbons (Fsp3) is 0.462. The molecule has 1 unspecified atom stereocenters. The largest absolute Gasteiger partial charge is 0.426 e. The van der Waals surface area contributed by atoms with Crippen molar-refractivity contribution < 1.29 is 14.3 Å². The fourth-order valence-corrected chi connectivity index (χ4v) is 4.80. The van der Waals surface area contributed by atoms with Crippen LogP contribution in [0, 0.1) is 11.8 Å². The molecule has 0 aromatic heterocycles. The maximum absolute atomic E-state index is 12.8. The molecule has 1 aliphatic carbocycles. The van der Waals surface area contributed by atoms with E-state index in [1.165, 1.54) is 5.56 Å². The number of esters is 1. The van der Waals surface area contributed by atoms with Gasteiger partial charge in [0, 0.05) is 18.7 Å². The molecule has 1 aliphatic heterocycles. The highest BCUT2D eigenvalue weighted by Gasteiger charge is 2.28. The van der Waals surface area contributed by atoms with E-state index >= 15 is 0 Å². The Morgan fingerprint density at radius 3 is 2.37 bits per heavy atom. The van der Waals surface area contributed by atoms with Gasteiger partial charge in [-0.1, -0.05) is 38.1 Å². The number of nitrogens with zero attached hydrogens (tertiary/aromatic N) is 1. The highest BCUT2D eigenvalue weighted by atomic mass is 16.5. The topological polar surface area (TPSA) is 46.6 Å². The summed E-state index contributed by atoms with van der Waals surface area (Å²) in [5.41, 5.74) is 2.99. The number of carbonyl (C=O) groups excluding carboxylic acids is 2. The molecule has 0 saturated carbocycles. The van der Waals surface area contributed by atoms with Crippen LogP contribution in [0.15, 0.2) is 48.5 Å². The third-order valence-electron chi connectivity index (χ3n) is 6.74. The van der Waals surface area contributed by atoms with E-state index in [1.807, 2.05) is 23.1 Å². The molecule has 1 atom stereocenters. The first kappa shape index (κ1) is 20.6. The van der Waals surface area contributed by atoms with Crippen molar-refractivity contribution in [2.45, 2.75) is 51.9 Å². The number of carbonyl (C=O) groups is 2. The van der Waals surface area contributed by atoms with Crippen LogP contribution in [-0.4, -0.2) is 29.9 Å². The second-order valence-corrected chi connectivity index (χ2v) is 8.96. The highest BCUT2D eigenvalue weighted by molar-refractivity contribution is 5.94. The average Bonchev–Trinajstić information content (AvgIpc) is 2.78. The maximum atomic E-state index is 12.8. The van der Waals surface area contributed by atoms with Gasteiger partial charge < -0.3 is 9.64 Å². The first-order valence-electron chi connectivity index (χ1n) is 11.2. The zero-order valence-corrected chi connectivity index (χ0v) is 18.0. The molecule has 2 aromatic rings. The number of hydrogen-bond acceptors (Lipinski definition) is 3. The fourth-order valence-electron chi connectivity index (χ4n) is 4.80. The minimum atomic E-state index is -0.211. The van der Waals surface area contributed by atoms with Crippen molar-refractivity contribution in [3.8, 4) is 5.75 Å². The van der Waals surface area contributed by atoms with Crippen LogP contribution in [0.2, 0.25) is 0 Å². The molecule has 1 fully saturated rings. The molecular weight excluding hydrogens is 374 g/mol. The number of piperidine rings is 1. The molecule has 1 amide bonds. The minimum absolute atomic E-state index is 0.0660. The molecule has 158 valence electrons. The summed E-state index contributed by atoms with van der Waals surface area (Å²) >= 11 is 0. The van der Waals surface area contributed by atoms with E-state index in [4.69, 9.17) is 4.74 Å². The van der Waals surface area contributed by atoms with Gasteiger partial charge in [-0.05, 0) is 79.3 Å². The lowest BCUT2D eigenvalue weighted by atomic mass is 9.83. The van der Waals surface area contributed by atoms with E-state index in [0.29, 0.717) is 23.1 Å². The Bertz CT molecular complexity index is 895. The number of amides is 1. The quantitative estimate of drug-likeness (QED) is 0.517. The van der Waals surface area contributed by atoms with E-state index < -0.39 is 0 Å². The molecule has 1 saturated heterocycles. The second kappa shape index (κ2) is 9.03. The van der Waals surface area contributed by atoms with E-state index in [0.717, 1.165) is 50.8 Å². The number of likely N-dealkylation sites (tertiary alicyclic amines) is 1. The average molecular weight is 406 g/mol. The van der Waals surface area contributed by atoms with Crippen molar-refractivity contribution in [2.24, 2.45) is 11.8 Å². The molecule has 30 heavy (non-hydrogen) atoms. The van der Waals surface area contributed by atoms with Crippen LogP contribution in [0.25, 0.3) is 0 Å². The molecule has 2 aliphatic rings. The van der Waals surface area contributed by atoms with Crippen LogP contribution in [-0.2, 0) is 11.2 Å². The van der Waals surface area contributed by atoms with Gasteiger partial charge in [-0.15, -0.1) is 0 Å². The van der Waals surface area contributed by atoms with Gasteiger partial charge in [-0.3, -0.25) is 9.59 Å². The second-order valence-electron chi connectivity index (χ2n) is 8.96. The predicted molar refractivity (Wildman–Crippen MR) is 118 cm³/mol. The first-order chi connectivity index (χ1) is 14.5. The van der Waals surface area contributed by atoms with Crippen molar-refractivity contribution in [2.75, 3.05) is 13.1 Å². The number of hydrogen-bond donors (Lipinski definition) is 0. The van der Waals surface area contributed by atoms with Crippen LogP contribution in [0.5, 0.6) is 5.75 Å². The van der Waals surface area contributed by atoms with Crippen molar-refractivity contribution in [1.82, 2.24) is 4.90 Å². The lowest BCUT2D eigenvalue weighted by molar-refractivity contribution is -0.136. The number of benzene rings is 2. The SMILES string of the molecule is CC(C)C1CCN(C(=O)c2ccc(OC(=O)C3CCCc4ccccc43)cc2)CC1. The summed E-state index contributed by atoms with van der Waals surface area (Å²) in [6.07, 6.45) is 4.98. The Morgan fingerprint density at radius 2 is 1.67 bits per heavy atom. The van der Waals surface area contributed by atoms with Crippen LogP contribution >= 0.6 is 0 Å². The van der Waals surface area contributed by atoms with E-state index in [9.17, 15) is 9.59 Å². The lowest BCUT2D eigenvalue weighted by Crippen LogP contribution is -2.39. The zero-order chi connectivity index (χ0) is 21.1. The Labute approximate surface area is 179 Å². The van der Waals surface area contributed by atoms with Crippen molar-refractivity contribution in [3.05, 3.63) is 65.2 Å². The van der Waals surface area contributed by atoms with Crippen LogP contribution in [0.3, 0.4) is 0 Å². The van der Waals surface area contributed by atoms with Gasteiger partial charge in [-0.25, -0.2) is 0 Å². The van der Waals surface area contributed by atoms with Crippen molar-refractivity contribution >= 4 is 11.9 Å². The summed E-state index contributed by atoms with van der Waals surface area (Å²) in [5.74, 6) is 1.53. The third kappa shape index (κ3) is 4.43. The Kier molecular flexibility index (Phi) is 6.21. The molecule has 0 bridgehead atoms. The number of rotatable bonds is 4. The van der Waals surface area contributed by atoms with Crippen LogP contribution < -0.4 is 4.74 Å². The lowest BCUT2D eigenvalue weighted by Gasteiger charge is -2.34. The summed E-state index contributed by atoms with van der Waals surface area (Å²) in [6.45, 7) is 6.15. The van der Waals surface area contributed by atoms with Gasteiger partial charge in [0.25, 0.3) is 5.91 Å². The normalized spacial score (nSPS) is 19.4.